The third-order valence-corrected chi connectivity index (χ3v) is 1.81. The molecule has 75 valence electrons. The minimum Gasteiger partial charge on any atom is -0.309 e. The zero-order valence-corrected chi connectivity index (χ0v) is 11.5. The summed E-state index contributed by atoms with van der Waals surface area (Å²) in [5, 5.41) is 0. The summed E-state index contributed by atoms with van der Waals surface area (Å²) in [4.78, 5) is 0. The van der Waals surface area contributed by atoms with E-state index in [0.29, 0.717) is 0 Å². The van der Waals surface area contributed by atoms with Crippen LogP contribution in [0.3, 0.4) is 0 Å². The molecule has 0 fully saturated rings. The van der Waals surface area contributed by atoms with Gasteiger partial charge in [0.15, 0.2) is 0 Å². The number of rotatable bonds is 3. The van der Waals surface area contributed by atoms with E-state index in [0.717, 1.165) is 5.56 Å². The maximum atomic E-state index is 4.90. The van der Waals surface area contributed by atoms with Gasteiger partial charge in [0.05, 0.1) is 0 Å². The van der Waals surface area contributed by atoms with Crippen molar-refractivity contribution in [2.75, 3.05) is 0 Å². The lowest BCUT2D eigenvalue weighted by atomic mass is 10.1. The van der Waals surface area contributed by atoms with E-state index in [4.69, 9.17) is 18.1 Å². The van der Waals surface area contributed by atoms with Crippen molar-refractivity contribution in [2.45, 2.75) is 26.2 Å². The minimum absolute atomic E-state index is 0.639. The number of benzene rings is 1. The summed E-state index contributed by atoms with van der Waals surface area (Å²) in [7, 11) is 9.81. The summed E-state index contributed by atoms with van der Waals surface area (Å²) in [5.41, 5.74) is 2.54. The molecule has 0 atom stereocenters. The van der Waals surface area contributed by atoms with Crippen molar-refractivity contribution in [1.82, 2.24) is 0 Å². The maximum absolute atomic E-state index is 4.90. The van der Waals surface area contributed by atoms with Gasteiger partial charge in [0.25, 0.3) is 0 Å². The Balaban J connectivity index is 0.000000500. The highest BCUT2D eigenvalue weighted by Crippen LogP contribution is 2.07. The third kappa shape index (κ3) is 7.92. The van der Waals surface area contributed by atoms with E-state index in [2.05, 4.69) is 32.0 Å². The fourth-order valence-electron chi connectivity index (χ4n) is 1.17. The van der Waals surface area contributed by atoms with Gasteiger partial charge in [-0.05, 0) is 30.9 Å². The molecule has 0 aliphatic rings. The molecule has 0 amide bonds. The van der Waals surface area contributed by atoms with Crippen LogP contribution >= 0.6 is 18.1 Å². The average molecular weight is 242 g/mol. The van der Waals surface area contributed by atoms with Crippen LogP contribution in [-0.2, 0) is 6.42 Å². The maximum Gasteiger partial charge on any atom is 0.618 e. The van der Waals surface area contributed by atoms with E-state index in [9.17, 15) is 0 Å². The highest BCUT2D eigenvalue weighted by atomic mass is 35.6. The van der Waals surface area contributed by atoms with Crippen molar-refractivity contribution in [1.29, 1.82) is 0 Å². The Labute approximate surface area is 104 Å². The van der Waals surface area contributed by atoms with Crippen LogP contribution in [-0.4, -0.2) is 18.2 Å². The van der Waals surface area contributed by atoms with Crippen LogP contribution in [0.4, 0.5) is 0 Å². The van der Waals surface area contributed by atoms with Gasteiger partial charge in [0.1, 0.15) is 0 Å². The standard InChI is InChI=1S/C11H15.2ClH.Mg/c1-3-4-7-11-8-5-6-10(2)9-11;;;/h5-6,8-9H,2-4,7H2,1H3;2*1H;/q;;;+2/p-2. The molecule has 3 heteroatoms. The van der Waals surface area contributed by atoms with Crippen LogP contribution in [0.15, 0.2) is 24.3 Å². The molecule has 0 heterocycles. The van der Waals surface area contributed by atoms with Gasteiger partial charge < -0.3 is 18.1 Å². The highest BCUT2D eigenvalue weighted by Gasteiger charge is 1.90. The molecule has 0 nitrogen and oxygen atoms in total. The highest BCUT2D eigenvalue weighted by molar-refractivity contribution is 7.22. The first-order valence-electron chi connectivity index (χ1n) is 4.77. The predicted octanol–water partition coefficient (Wildman–Crippen LogP) is 4.21. The van der Waals surface area contributed by atoms with Gasteiger partial charge in [-0.2, -0.15) is 0 Å². The van der Waals surface area contributed by atoms with Crippen LogP contribution < -0.4 is 0 Å². The van der Waals surface area contributed by atoms with E-state index < -0.39 is 18.2 Å². The Morgan fingerprint density at radius 1 is 1.36 bits per heavy atom. The van der Waals surface area contributed by atoms with Crippen LogP contribution in [0.2, 0.25) is 0 Å². The van der Waals surface area contributed by atoms with Crippen molar-refractivity contribution in [3.8, 4) is 0 Å². The molecule has 1 aromatic rings. The van der Waals surface area contributed by atoms with Crippen molar-refractivity contribution in [2.24, 2.45) is 0 Å². The molecule has 1 rings (SSSR count). The SMILES string of the molecule is [CH2]c1cccc(CCCC)c1.[Cl][Mg][Cl]. The molecule has 0 unspecified atom stereocenters. The van der Waals surface area contributed by atoms with Gasteiger partial charge in [0, 0.05) is 0 Å². The van der Waals surface area contributed by atoms with Crippen molar-refractivity contribution >= 4 is 36.3 Å². The molecule has 0 N–H and O–H groups in total. The normalized spacial score (nSPS) is 8.57. The monoisotopic (exact) mass is 241 g/mol. The fraction of sp³-hybridized carbons (Fsp3) is 0.364. The first kappa shape index (κ1) is 14.6. The zero-order valence-electron chi connectivity index (χ0n) is 8.60. The fourth-order valence-corrected chi connectivity index (χ4v) is 1.17. The van der Waals surface area contributed by atoms with Crippen LogP contribution in [0.25, 0.3) is 0 Å². The van der Waals surface area contributed by atoms with Gasteiger partial charge in [0.2, 0.25) is 0 Å². The van der Waals surface area contributed by atoms with Crippen molar-refractivity contribution in [3.63, 3.8) is 0 Å². The van der Waals surface area contributed by atoms with Crippen LogP contribution in [0.1, 0.15) is 30.9 Å². The summed E-state index contributed by atoms with van der Waals surface area (Å²) in [6.07, 6.45) is 3.74. The molecule has 0 aromatic heterocycles. The average Bonchev–Trinajstić information content (AvgIpc) is 2.16. The molecule has 1 aromatic carbocycles. The molecular formula is C11H15Cl2Mg. The minimum atomic E-state index is -0.639. The Hall–Kier alpha value is 0.566. The van der Waals surface area contributed by atoms with Gasteiger partial charge in [-0.25, -0.2) is 0 Å². The topological polar surface area (TPSA) is 0 Å². The molecule has 0 bridgehead atoms. The Bertz CT molecular complexity index is 238. The quantitative estimate of drug-likeness (QED) is 0.697. The van der Waals surface area contributed by atoms with Gasteiger partial charge in [-0.15, -0.1) is 0 Å². The Morgan fingerprint density at radius 3 is 2.50 bits per heavy atom. The predicted molar refractivity (Wildman–Crippen MR) is 67.0 cm³/mol. The molecule has 0 spiro atoms. The summed E-state index contributed by atoms with van der Waals surface area (Å²) in [6.45, 7) is 6.11. The van der Waals surface area contributed by atoms with Gasteiger partial charge >= 0.3 is 18.2 Å². The number of hydrogen-bond acceptors (Lipinski definition) is 0. The smallest absolute Gasteiger partial charge is 0.309 e. The summed E-state index contributed by atoms with van der Waals surface area (Å²) < 4.78 is 0. The van der Waals surface area contributed by atoms with Gasteiger partial charge in [-0.1, -0.05) is 37.6 Å². The van der Waals surface area contributed by atoms with E-state index >= 15 is 0 Å². The Kier molecular flexibility index (Phi) is 10.5. The van der Waals surface area contributed by atoms with E-state index in [1.54, 1.807) is 0 Å². The second kappa shape index (κ2) is 10.1. The molecule has 0 saturated heterocycles. The molecule has 0 aliphatic heterocycles. The third-order valence-electron chi connectivity index (χ3n) is 1.81. The molecular weight excluding hydrogens is 227 g/mol. The first-order valence-corrected chi connectivity index (χ1v) is 9.05. The Morgan fingerprint density at radius 2 is 2.00 bits per heavy atom. The van der Waals surface area contributed by atoms with E-state index in [1.807, 2.05) is 6.07 Å². The molecule has 0 aliphatic carbocycles. The lowest BCUT2D eigenvalue weighted by molar-refractivity contribution is 0.795. The lowest BCUT2D eigenvalue weighted by Gasteiger charge is -1.99. The van der Waals surface area contributed by atoms with Gasteiger partial charge in [-0.3, -0.25) is 0 Å². The van der Waals surface area contributed by atoms with Crippen LogP contribution in [0, 0.1) is 6.92 Å². The first-order chi connectivity index (χ1) is 6.74. The number of halogens is 2. The second-order valence-corrected chi connectivity index (χ2v) is 5.65. The van der Waals surface area contributed by atoms with Crippen molar-refractivity contribution in [3.05, 3.63) is 42.3 Å². The molecule has 0 saturated carbocycles. The second-order valence-electron chi connectivity index (χ2n) is 3.02. The van der Waals surface area contributed by atoms with E-state index in [1.165, 1.54) is 24.8 Å². The van der Waals surface area contributed by atoms with Crippen LogP contribution in [0.5, 0.6) is 0 Å². The molecule has 14 heavy (non-hydrogen) atoms. The summed E-state index contributed by atoms with van der Waals surface area (Å²) in [5.74, 6) is 0. The number of hydrogen-bond donors (Lipinski definition) is 0. The molecule has 1 radical (unpaired) electrons. The largest absolute Gasteiger partial charge is 0.618 e. The van der Waals surface area contributed by atoms with Crippen molar-refractivity contribution < 1.29 is 0 Å². The lowest BCUT2D eigenvalue weighted by Crippen LogP contribution is -1.84. The van der Waals surface area contributed by atoms with E-state index in [-0.39, 0.29) is 0 Å². The summed E-state index contributed by atoms with van der Waals surface area (Å²) in [6, 6.07) is 8.45. The zero-order chi connectivity index (χ0) is 10.8. The summed E-state index contributed by atoms with van der Waals surface area (Å²) >= 11 is -0.639. The number of aryl methyl sites for hydroxylation is 1. The number of unbranched alkanes of at least 4 members (excludes halogenated alkanes) is 1.